The summed E-state index contributed by atoms with van der Waals surface area (Å²) in [7, 11) is 2.01. The number of rotatable bonds is 4. The van der Waals surface area contributed by atoms with Crippen molar-refractivity contribution in [3.05, 3.63) is 101 Å². The quantitative estimate of drug-likeness (QED) is 0.176. The molecule has 183 valence electrons. The van der Waals surface area contributed by atoms with Gasteiger partial charge in [0.15, 0.2) is 6.21 Å². The Kier molecular flexibility index (Phi) is 8.21. The third-order valence-electron chi connectivity index (χ3n) is 5.71. The van der Waals surface area contributed by atoms with Gasteiger partial charge in [-0.25, -0.2) is 25.7 Å². The predicted octanol–water partition coefficient (Wildman–Crippen LogP) is 4.93. The maximum absolute atomic E-state index is 12.3. The molecule has 2 aliphatic heterocycles. The summed E-state index contributed by atoms with van der Waals surface area (Å²) in [5.41, 5.74) is 5.54. The fourth-order valence-corrected chi connectivity index (χ4v) is 4.58. The van der Waals surface area contributed by atoms with Crippen molar-refractivity contribution in [3.63, 3.8) is 0 Å². The zero-order valence-electron chi connectivity index (χ0n) is 19.7. The third kappa shape index (κ3) is 5.36. The smallest absolute Gasteiger partial charge is 0.355 e. The van der Waals surface area contributed by atoms with Gasteiger partial charge in [-0.1, -0.05) is 40.8 Å². The largest absolute Gasteiger partial charge is 0.456 e. The van der Waals surface area contributed by atoms with E-state index in [0.29, 0.717) is 11.5 Å². The maximum atomic E-state index is 12.3. The third-order valence-corrected chi connectivity index (χ3v) is 6.34. The molecule has 2 aliphatic rings. The van der Waals surface area contributed by atoms with Crippen molar-refractivity contribution >= 4 is 41.0 Å². The topological polar surface area (TPSA) is 59.5 Å². The van der Waals surface area contributed by atoms with Crippen LogP contribution in [0.4, 0.5) is 0 Å². The first-order chi connectivity index (χ1) is 17.1. The summed E-state index contributed by atoms with van der Waals surface area (Å²) in [5, 5.41) is 3.84. The summed E-state index contributed by atoms with van der Waals surface area (Å²) >= 11 is 1.55. The summed E-state index contributed by atoms with van der Waals surface area (Å²) in [6, 6.07) is 22.3. The predicted molar refractivity (Wildman–Crippen MR) is 138 cm³/mol. The van der Waals surface area contributed by atoms with Gasteiger partial charge in [0.05, 0.1) is 6.21 Å². The fourth-order valence-electron chi connectivity index (χ4n) is 4.01. The summed E-state index contributed by atoms with van der Waals surface area (Å²) in [6.07, 6.45) is 7.40. The van der Waals surface area contributed by atoms with Crippen LogP contribution in [0.25, 0.3) is 22.7 Å². The van der Waals surface area contributed by atoms with Crippen molar-refractivity contribution in [2.24, 2.45) is 4.99 Å². The molecule has 0 saturated carbocycles. The SMILES string of the molecule is C[N+]1=CC=NC1c1[c-]cccc1.Cc1cccc(C2=C(n3ccnc3-c3[c-]csc3)C(=O)OC2)c1.[Ir]. The van der Waals surface area contributed by atoms with Gasteiger partial charge in [0.25, 0.3) is 0 Å². The molecule has 0 fully saturated rings. The van der Waals surface area contributed by atoms with Crippen molar-refractivity contribution in [2.45, 2.75) is 13.1 Å². The van der Waals surface area contributed by atoms with Gasteiger partial charge in [-0.15, -0.1) is 10.9 Å². The van der Waals surface area contributed by atoms with Gasteiger partial charge in [0.1, 0.15) is 19.4 Å². The van der Waals surface area contributed by atoms with Crippen LogP contribution in [0, 0.1) is 19.1 Å². The number of imidazole rings is 1. The first-order valence-corrected chi connectivity index (χ1v) is 12.1. The van der Waals surface area contributed by atoms with Gasteiger partial charge in [-0.3, -0.25) is 0 Å². The number of ether oxygens (including phenoxy) is 1. The molecule has 6 nitrogen and oxygen atoms in total. The Bertz CT molecular complexity index is 1440. The number of nitrogens with zero attached hydrogens (tertiary/aromatic N) is 4. The minimum Gasteiger partial charge on any atom is -0.456 e. The Balaban J connectivity index is 0.000000198. The zero-order valence-corrected chi connectivity index (χ0v) is 22.9. The van der Waals surface area contributed by atoms with E-state index in [1.54, 1.807) is 28.3 Å². The molecule has 0 spiro atoms. The van der Waals surface area contributed by atoms with Crippen LogP contribution in [0.15, 0.2) is 76.7 Å². The summed E-state index contributed by atoms with van der Waals surface area (Å²) in [5.74, 6) is 0.376. The number of carbonyl (C=O) groups is 1. The Morgan fingerprint density at radius 1 is 1.19 bits per heavy atom. The molecule has 0 aliphatic carbocycles. The number of hydrogen-bond acceptors (Lipinski definition) is 5. The van der Waals surface area contributed by atoms with Crippen LogP contribution in [0.3, 0.4) is 0 Å². The van der Waals surface area contributed by atoms with E-state index in [2.05, 4.69) is 32.8 Å². The van der Waals surface area contributed by atoms with Crippen molar-refractivity contribution in [3.8, 4) is 11.4 Å². The van der Waals surface area contributed by atoms with Crippen LogP contribution in [-0.4, -0.2) is 46.2 Å². The summed E-state index contributed by atoms with van der Waals surface area (Å²) in [6.45, 7) is 2.31. The van der Waals surface area contributed by atoms with E-state index in [-0.39, 0.29) is 38.8 Å². The number of esters is 1. The summed E-state index contributed by atoms with van der Waals surface area (Å²) < 4.78 is 9.16. The molecule has 1 radical (unpaired) electrons. The standard InChI is InChI=1S/C18H13N2O2S.C10H10N2.Ir/c1-12-3-2-4-13(9-12)15-10-22-18(21)16(15)20-7-6-19-17(20)14-5-8-23-11-14;1-12-8-7-11-10(12)9-5-3-2-4-6-9;/h2-4,6-9,11H,10H2,1H3;2-5,7-8,10H,1H3;/q-1;;. The minimum atomic E-state index is -0.323. The monoisotopic (exact) mass is 672 g/mol. The van der Waals surface area contributed by atoms with Crippen molar-refractivity contribution in [1.29, 1.82) is 0 Å². The molecule has 4 aromatic rings. The van der Waals surface area contributed by atoms with Gasteiger partial charge in [-0.05, 0) is 12.5 Å². The molecule has 0 bridgehead atoms. The molecule has 4 heterocycles. The van der Waals surface area contributed by atoms with Crippen LogP contribution >= 0.6 is 11.3 Å². The van der Waals surface area contributed by atoms with Gasteiger partial charge < -0.3 is 14.3 Å². The molecule has 6 rings (SSSR count). The van der Waals surface area contributed by atoms with Crippen LogP contribution < -0.4 is 0 Å². The van der Waals surface area contributed by atoms with E-state index in [4.69, 9.17) is 4.74 Å². The molecular formula is C28H23IrN4O2S-. The Morgan fingerprint density at radius 2 is 2.08 bits per heavy atom. The molecule has 8 heteroatoms. The number of aryl methyl sites for hydroxylation is 1. The Hall–Kier alpha value is -3.45. The van der Waals surface area contributed by atoms with E-state index in [0.717, 1.165) is 27.8 Å². The molecule has 36 heavy (non-hydrogen) atoms. The second kappa shape index (κ2) is 11.5. The van der Waals surface area contributed by atoms with Gasteiger partial charge in [0, 0.05) is 43.9 Å². The second-order valence-corrected chi connectivity index (χ2v) is 8.87. The number of aromatic nitrogens is 2. The average molecular weight is 672 g/mol. The number of carbonyl (C=O) groups excluding carboxylic acids is 1. The van der Waals surface area contributed by atoms with E-state index in [9.17, 15) is 4.79 Å². The number of thiophene rings is 1. The molecule has 0 amide bonds. The normalized spacial score (nSPS) is 16.2. The molecular weight excluding hydrogens is 649 g/mol. The molecule has 0 N–H and O–H groups in total. The van der Waals surface area contributed by atoms with Crippen LogP contribution in [-0.2, 0) is 29.6 Å². The van der Waals surface area contributed by atoms with E-state index < -0.39 is 0 Å². The van der Waals surface area contributed by atoms with E-state index >= 15 is 0 Å². The van der Waals surface area contributed by atoms with Crippen molar-refractivity contribution < 1.29 is 34.2 Å². The van der Waals surface area contributed by atoms with Crippen LogP contribution in [0.1, 0.15) is 22.9 Å². The van der Waals surface area contributed by atoms with E-state index in [1.165, 1.54) is 0 Å². The zero-order chi connectivity index (χ0) is 24.2. The van der Waals surface area contributed by atoms with Crippen LogP contribution in [0.2, 0.25) is 0 Å². The first-order valence-electron chi connectivity index (χ1n) is 11.1. The Morgan fingerprint density at radius 3 is 2.78 bits per heavy atom. The van der Waals surface area contributed by atoms with Crippen molar-refractivity contribution in [2.75, 3.05) is 13.7 Å². The molecule has 1 atom stereocenters. The van der Waals surface area contributed by atoms with Crippen LogP contribution in [0.5, 0.6) is 0 Å². The maximum Gasteiger partial charge on any atom is 0.355 e. The molecule has 0 saturated heterocycles. The molecule has 2 aromatic carbocycles. The molecule has 2 aromatic heterocycles. The molecule has 1 unspecified atom stereocenters. The van der Waals surface area contributed by atoms with Gasteiger partial charge >= 0.3 is 5.97 Å². The van der Waals surface area contributed by atoms with Gasteiger partial charge in [0.2, 0.25) is 6.17 Å². The number of hydrogen-bond donors (Lipinski definition) is 0. The Labute approximate surface area is 227 Å². The second-order valence-electron chi connectivity index (χ2n) is 8.13. The average Bonchev–Trinajstić information content (AvgIpc) is 3.67. The van der Waals surface area contributed by atoms with E-state index in [1.807, 2.05) is 79.6 Å². The summed E-state index contributed by atoms with van der Waals surface area (Å²) in [4.78, 5) is 21.0. The fraction of sp³-hybridized carbons (Fsp3) is 0.143. The van der Waals surface area contributed by atoms with Gasteiger partial charge in [-0.2, -0.15) is 36.4 Å². The first kappa shape index (κ1) is 25.6. The minimum absolute atomic E-state index is 0. The number of aliphatic imine (C=N–C) groups is 1. The van der Waals surface area contributed by atoms with Crippen molar-refractivity contribution in [1.82, 2.24) is 9.55 Å². The number of cyclic esters (lactones) is 1. The number of benzene rings is 2.